The van der Waals surface area contributed by atoms with Crippen LogP contribution in [0.15, 0.2) is 30.3 Å². The number of carbonyl (C=O) groups is 1. The number of aliphatic hydroxyl groups excluding tert-OH is 1. The molecule has 1 amide bonds. The van der Waals surface area contributed by atoms with Gasteiger partial charge >= 0.3 is 0 Å². The zero-order valence-corrected chi connectivity index (χ0v) is 11.5. The van der Waals surface area contributed by atoms with Crippen molar-refractivity contribution in [1.29, 1.82) is 0 Å². The Morgan fingerprint density at radius 3 is 2.79 bits per heavy atom. The highest BCUT2D eigenvalue weighted by molar-refractivity contribution is 5.83. The zero-order chi connectivity index (χ0) is 13.8. The molecular weight excluding hydrogens is 242 g/mol. The van der Waals surface area contributed by atoms with E-state index in [-0.39, 0.29) is 30.6 Å². The molecule has 0 aromatic heterocycles. The molecule has 1 heterocycles. The van der Waals surface area contributed by atoms with Crippen molar-refractivity contribution in [1.82, 2.24) is 4.90 Å². The van der Waals surface area contributed by atoms with Gasteiger partial charge in [0.05, 0.1) is 31.3 Å². The molecule has 1 aliphatic rings. The van der Waals surface area contributed by atoms with E-state index in [0.29, 0.717) is 13.2 Å². The lowest BCUT2D eigenvalue weighted by atomic mass is 9.98. The summed E-state index contributed by atoms with van der Waals surface area (Å²) in [5.41, 5.74) is 1.02. The molecule has 3 atom stereocenters. The standard InChI is InChI=1S/C15H21NO3/c1-11-10-19-14(9-17)8-16(11)15(18)12(2)13-6-4-3-5-7-13/h3-7,11-12,14,17H,8-10H2,1-2H3. The molecule has 19 heavy (non-hydrogen) atoms. The number of ether oxygens (including phenoxy) is 1. The molecule has 1 fully saturated rings. The molecule has 0 spiro atoms. The Bertz CT molecular complexity index is 421. The molecular formula is C15H21NO3. The summed E-state index contributed by atoms with van der Waals surface area (Å²) in [6.45, 7) is 4.80. The zero-order valence-electron chi connectivity index (χ0n) is 11.5. The van der Waals surface area contributed by atoms with Crippen molar-refractivity contribution in [3.05, 3.63) is 35.9 Å². The average molecular weight is 263 g/mol. The lowest BCUT2D eigenvalue weighted by molar-refractivity contribution is -0.147. The van der Waals surface area contributed by atoms with Gasteiger partial charge in [-0.25, -0.2) is 0 Å². The number of carbonyl (C=O) groups excluding carboxylic acids is 1. The van der Waals surface area contributed by atoms with Crippen LogP contribution in [0.3, 0.4) is 0 Å². The fraction of sp³-hybridized carbons (Fsp3) is 0.533. The number of hydrogen-bond acceptors (Lipinski definition) is 3. The van der Waals surface area contributed by atoms with Crippen molar-refractivity contribution in [2.75, 3.05) is 19.8 Å². The minimum Gasteiger partial charge on any atom is -0.394 e. The molecule has 4 nitrogen and oxygen atoms in total. The molecule has 1 saturated heterocycles. The molecule has 0 bridgehead atoms. The van der Waals surface area contributed by atoms with Crippen LogP contribution in [0.5, 0.6) is 0 Å². The third-order valence-corrected chi connectivity index (χ3v) is 3.66. The van der Waals surface area contributed by atoms with Gasteiger partial charge in [0.2, 0.25) is 5.91 Å². The number of aliphatic hydroxyl groups is 1. The molecule has 0 aliphatic carbocycles. The van der Waals surface area contributed by atoms with Crippen LogP contribution in [0, 0.1) is 0 Å². The van der Waals surface area contributed by atoms with E-state index >= 15 is 0 Å². The predicted molar refractivity (Wildman–Crippen MR) is 72.9 cm³/mol. The Labute approximate surface area is 114 Å². The van der Waals surface area contributed by atoms with Crippen LogP contribution in [0.2, 0.25) is 0 Å². The van der Waals surface area contributed by atoms with Crippen molar-refractivity contribution in [3.8, 4) is 0 Å². The van der Waals surface area contributed by atoms with Crippen LogP contribution in [0.4, 0.5) is 0 Å². The first-order valence-corrected chi connectivity index (χ1v) is 6.71. The maximum Gasteiger partial charge on any atom is 0.230 e. The molecule has 0 radical (unpaired) electrons. The molecule has 104 valence electrons. The molecule has 1 aliphatic heterocycles. The minimum atomic E-state index is -0.261. The van der Waals surface area contributed by atoms with Gasteiger partial charge in [-0.15, -0.1) is 0 Å². The highest BCUT2D eigenvalue weighted by Gasteiger charge is 2.31. The van der Waals surface area contributed by atoms with E-state index < -0.39 is 0 Å². The number of nitrogens with zero attached hydrogens (tertiary/aromatic N) is 1. The van der Waals surface area contributed by atoms with Crippen LogP contribution in [0.25, 0.3) is 0 Å². The SMILES string of the molecule is CC(C(=O)N1CC(CO)OCC1C)c1ccccc1. The Morgan fingerprint density at radius 1 is 1.47 bits per heavy atom. The lowest BCUT2D eigenvalue weighted by Crippen LogP contribution is -2.53. The van der Waals surface area contributed by atoms with Crippen LogP contribution < -0.4 is 0 Å². The Kier molecular flexibility index (Phi) is 4.56. The monoisotopic (exact) mass is 263 g/mol. The molecule has 0 saturated carbocycles. The summed E-state index contributed by atoms with van der Waals surface area (Å²) in [6, 6.07) is 9.83. The van der Waals surface area contributed by atoms with E-state index in [2.05, 4.69) is 0 Å². The third-order valence-electron chi connectivity index (χ3n) is 3.66. The number of rotatable bonds is 3. The fourth-order valence-corrected chi connectivity index (χ4v) is 2.37. The van der Waals surface area contributed by atoms with Gasteiger partial charge in [-0.2, -0.15) is 0 Å². The van der Waals surface area contributed by atoms with E-state index in [0.717, 1.165) is 5.56 Å². The summed E-state index contributed by atoms with van der Waals surface area (Å²) in [7, 11) is 0. The van der Waals surface area contributed by atoms with E-state index in [4.69, 9.17) is 9.84 Å². The summed E-state index contributed by atoms with van der Waals surface area (Å²) in [6.07, 6.45) is -0.261. The normalized spacial score (nSPS) is 25.1. The maximum atomic E-state index is 12.6. The summed E-state index contributed by atoms with van der Waals surface area (Å²) >= 11 is 0. The summed E-state index contributed by atoms with van der Waals surface area (Å²) in [5, 5.41) is 9.17. The highest BCUT2D eigenvalue weighted by Crippen LogP contribution is 2.21. The van der Waals surface area contributed by atoms with Gasteiger partial charge < -0.3 is 14.7 Å². The quantitative estimate of drug-likeness (QED) is 0.896. The second-order valence-corrected chi connectivity index (χ2v) is 5.11. The second kappa shape index (κ2) is 6.17. The van der Waals surface area contributed by atoms with E-state index in [1.54, 1.807) is 0 Å². The van der Waals surface area contributed by atoms with Crippen molar-refractivity contribution in [2.24, 2.45) is 0 Å². The van der Waals surface area contributed by atoms with Gasteiger partial charge in [-0.3, -0.25) is 4.79 Å². The first kappa shape index (κ1) is 14.0. The summed E-state index contributed by atoms with van der Waals surface area (Å²) in [4.78, 5) is 14.4. The molecule has 1 aromatic carbocycles. The Hall–Kier alpha value is -1.39. The number of amides is 1. The third kappa shape index (κ3) is 3.14. The van der Waals surface area contributed by atoms with E-state index in [9.17, 15) is 4.79 Å². The number of hydrogen-bond donors (Lipinski definition) is 1. The summed E-state index contributed by atoms with van der Waals surface area (Å²) in [5.74, 6) is -0.0680. The van der Waals surface area contributed by atoms with Gasteiger partial charge in [-0.05, 0) is 19.4 Å². The van der Waals surface area contributed by atoms with Crippen molar-refractivity contribution in [3.63, 3.8) is 0 Å². The fourth-order valence-electron chi connectivity index (χ4n) is 2.37. The smallest absolute Gasteiger partial charge is 0.230 e. The van der Waals surface area contributed by atoms with Gasteiger partial charge in [0.15, 0.2) is 0 Å². The van der Waals surface area contributed by atoms with Gasteiger partial charge in [0.25, 0.3) is 0 Å². The molecule has 4 heteroatoms. The minimum absolute atomic E-state index is 0.0454. The molecule has 2 rings (SSSR count). The lowest BCUT2D eigenvalue weighted by Gasteiger charge is -2.38. The number of benzene rings is 1. The molecule has 1 N–H and O–H groups in total. The van der Waals surface area contributed by atoms with E-state index in [1.807, 2.05) is 49.1 Å². The Morgan fingerprint density at radius 2 is 2.16 bits per heavy atom. The molecule has 1 aromatic rings. The summed E-state index contributed by atoms with van der Waals surface area (Å²) < 4.78 is 5.46. The van der Waals surface area contributed by atoms with E-state index in [1.165, 1.54) is 0 Å². The number of morpholine rings is 1. The van der Waals surface area contributed by atoms with Gasteiger partial charge in [-0.1, -0.05) is 30.3 Å². The predicted octanol–water partition coefficient (Wildman–Crippen LogP) is 1.40. The average Bonchev–Trinajstić information content (AvgIpc) is 2.47. The highest BCUT2D eigenvalue weighted by atomic mass is 16.5. The van der Waals surface area contributed by atoms with Crippen molar-refractivity contribution >= 4 is 5.91 Å². The largest absolute Gasteiger partial charge is 0.394 e. The van der Waals surface area contributed by atoms with Gasteiger partial charge in [0, 0.05) is 6.54 Å². The van der Waals surface area contributed by atoms with Crippen LogP contribution in [0.1, 0.15) is 25.3 Å². The van der Waals surface area contributed by atoms with Gasteiger partial charge in [0.1, 0.15) is 0 Å². The topological polar surface area (TPSA) is 49.8 Å². The van der Waals surface area contributed by atoms with Crippen LogP contribution in [-0.2, 0) is 9.53 Å². The second-order valence-electron chi connectivity index (χ2n) is 5.11. The van der Waals surface area contributed by atoms with Crippen molar-refractivity contribution in [2.45, 2.75) is 31.9 Å². The van der Waals surface area contributed by atoms with Crippen molar-refractivity contribution < 1.29 is 14.6 Å². The molecule has 3 unspecified atom stereocenters. The Balaban J connectivity index is 2.09. The van der Waals surface area contributed by atoms with Crippen LogP contribution in [-0.4, -0.2) is 47.8 Å². The maximum absolute atomic E-state index is 12.6. The first-order valence-electron chi connectivity index (χ1n) is 6.71. The first-order chi connectivity index (χ1) is 9.13. The van der Waals surface area contributed by atoms with Crippen LogP contribution >= 0.6 is 0 Å².